The van der Waals surface area contributed by atoms with E-state index >= 15 is 0 Å². The lowest BCUT2D eigenvalue weighted by Gasteiger charge is -2.21. The van der Waals surface area contributed by atoms with E-state index in [0.29, 0.717) is 31.6 Å². The highest BCUT2D eigenvalue weighted by atomic mass is 31.2. The smallest absolute Gasteiger partial charge is 0.462 e. The van der Waals surface area contributed by atoms with Gasteiger partial charge in [0.25, 0.3) is 0 Å². The maximum absolute atomic E-state index is 13.1. The number of unbranched alkanes of at least 4 members (excludes halogenated alkanes) is 39. The number of hydrogen-bond acceptors (Lipinski definition) is 15. The van der Waals surface area contributed by atoms with Gasteiger partial charge in [-0.25, -0.2) is 9.13 Å². The van der Waals surface area contributed by atoms with Gasteiger partial charge in [0.1, 0.15) is 19.3 Å². The van der Waals surface area contributed by atoms with Gasteiger partial charge in [-0.15, -0.1) is 0 Å². The average Bonchev–Trinajstić information content (AvgIpc) is 2.02. The predicted octanol–water partition coefficient (Wildman–Crippen LogP) is 22.4. The van der Waals surface area contributed by atoms with Crippen LogP contribution in [0.5, 0.6) is 0 Å². The molecule has 96 heavy (non-hydrogen) atoms. The second-order valence-corrected chi connectivity index (χ2v) is 32.3. The summed E-state index contributed by atoms with van der Waals surface area (Å²) in [5, 5.41) is 10.6. The van der Waals surface area contributed by atoms with Crippen molar-refractivity contribution in [3.05, 3.63) is 0 Å². The summed E-state index contributed by atoms with van der Waals surface area (Å²) in [4.78, 5) is 72.8. The number of carbonyl (C=O) groups excluding carboxylic acids is 4. The minimum absolute atomic E-state index is 0.102. The Morgan fingerprint density at radius 1 is 0.292 bits per heavy atom. The van der Waals surface area contributed by atoms with Gasteiger partial charge in [0, 0.05) is 25.7 Å². The highest BCUT2D eigenvalue weighted by molar-refractivity contribution is 7.47. The molecule has 3 N–H and O–H groups in total. The van der Waals surface area contributed by atoms with Crippen LogP contribution in [0.25, 0.3) is 0 Å². The van der Waals surface area contributed by atoms with Gasteiger partial charge in [-0.2, -0.15) is 0 Å². The van der Waals surface area contributed by atoms with Crippen molar-refractivity contribution in [3.63, 3.8) is 0 Å². The van der Waals surface area contributed by atoms with Crippen molar-refractivity contribution in [2.75, 3.05) is 39.6 Å². The molecule has 0 bridgehead atoms. The van der Waals surface area contributed by atoms with Crippen LogP contribution in [0, 0.1) is 23.7 Å². The molecule has 0 aliphatic heterocycles. The van der Waals surface area contributed by atoms with Crippen LogP contribution >= 0.6 is 15.6 Å². The van der Waals surface area contributed by atoms with Crippen LogP contribution in [0.1, 0.15) is 389 Å². The molecule has 0 aromatic rings. The number of aliphatic hydroxyl groups excluding tert-OH is 1. The molecule has 0 aliphatic carbocycles. The summed E-state index contributed by atoms with van der Waals surface area (Å²) in [5.74, 6) is 0.903. The molecule has 0 rings (SSSR count). The Morgan fingerprint density at radius 2 is 0.500 bits per heavy atom. The lowest BCUT2D eigenvalue weighted by molar-refractivity contribution is -0.161. The van der Waals surface area contributed by atoms with Crippen LogP contribution in [0.3, 0.4) is 0 Å². The molecule has 570 valence electrons. The van der Waals surface area contributed by atoms with Gasteiger partial charge in [0.2, 0.25) is 0 Å². The molecule has 0 spiro atoms. The summed E-state index contributed by atoms with van der Waals surface area (Å²) in [6, 6.07) is 0. The topological polar surface area (TPSA) is 237 Å². The van der Waals surface area contributed by atoms with E-state index in [1.165, 1.54) is 186 Å². The summed E-state index contributed by atoms with van der Waals surface area (Å²) in [7, 11) is -9.91. The van der Waals surface area contributed by atoms with Crippen molar-refractivity contribution >= 4 is 39.5 Å². The third-order valence-electron chi connectivity index (χ3n) is 18.2. The SMILES string of the molecule is CCC(C)CCCCCCCCC(=O)OC[C@H](COP(=O)(O)OC[C@H](O)COP(=O)(O)OC[C@@H](COC(=O)CCCCCCCCCCCCCCCCCCCCC(C)C)OC(=O)CCCCCCCCCCCCCCC(C)C)OC(=O)CCCCCCCCCC(C)C. The monoisotopic (exact) mass is 1410 g/mol. The Bertz CT molecular complexity index is 1890. The summed E-state index contributed by atoms with van der Waals surface area (Å²) < 4.78 is 68.5. The van der Waals surface area contributed by atoms with Crippen LogP contribution in [0.15, 0.2) is 0 Å². The second kappa shape index (κ2) is 66.3. The number of carbonyl (C=O) groups is 4. The van der Waals surface area contributed by atoms with Crippen molar-refractivity contribution in [1.82, 2.24) is 0 Å². The standard InChI is InChI=1S/C77H150O17P2/c1-9-70(8)56-48-40-35-36-42-50-58-75(80)88-64-73(94-77(82)60-52-44-34-28-31-39-47-55-69(6)7)66-92-96(85,86)90-62-71(78)61-89-95(83,84)91-65-72(93-76(81)59-51-43-33-27-23-19-18-21-25-30-38-46-54-68(4)5)63-87-74(79)57-49-41-32-26-22-17-15-13-11-10-12-14-16-20-24-29-37-45-53-67(2)3/h67-73,78H,9-66H2,1-8H3,(H,83,84)(H,85,86)/t70?,71-,72-,73-/m1/s1. The van der Waals surface area contributed by atoms with Gasteiger partial charge in [0.05, 0.1) is 26.4 Å². The third-order valence-corrected chi connectivity index (χ3v) is 20.1. The summed E-state index contributed by atoms with van der Waals surface area (Å²) in [6.07, 6.45) is 51.6. The van der Waals surface area contributed by atoms with E-state index in [-0.39, 0.29) is 25.7 Å². The molecule has 17 nitrogen and oxygen atoms in total. The van der Waals surface area contributed by atoms with Crippen molar-refractivity contribution in [2.24, 2.45) is 23.7 Å². The number of aliphatic hydroxyl groups is 1. The van der Waals surface area contributed by atoms with Crippen molar-refractivity contribution in [3.8, 4) is 0 Å². The minimum Gasteiger partial charge on any atom is -0.462 e. The van der Waals surface area contributed by atoms with Crippen molar-refractivity contribution < 1.29 is 80.2 Å². The second-order valence-electron chi connectivity index (χ2n) is 29.4. The van der Waals surface area contributed by atoms with Crippen LogP contribution in [-0.2, 0) is 65.4 Å². The van der Waals surface area contributed by atoms with E-state index in [4.69, 9.17) is 37.0 Å². The highest BCUT2D eigenvalue weighted by Crippen LogP contribution is 2.45. The molecular weight excluding hydrogens is 1260 g/mol. The number of phosphoric acid groups is 2. The Balaban J connectivity index is 5.19. The molecule has 0 fully saturated rings. The van der Waals surface area contributed by atoms with E-state index in [2.05, 4.69) is 55.4 Å². The summed E-state index contributed by atoms with van der Waals surface area (Å²) >= 11 is 0. The maximum atomic E-state index is 13.1. The molecule has 6 atom stereocenters. The number of rotatable bonds is 74. The van der Waals surface area contributed by atoms with Gasteiger partial charge in [-0.05, 0) is 49.4 Å². The maximum Gasteiger partial charge on any atom is 0.472 e. The zero-order valence-corrected chi connectivity index (χ0v) is 64.8. The van der Waals surface area contributed by atoms with E-state index in [1.54, 1.807) is 0 Å². The van der Waals surface area contributed by atoms with Crippen molar-refractivity contribution in [2.45, 2.75) is 408 Å². The molecule has 0 heterocycles. The molecule has 0 amide bonds. The first kappa shape index (κ1) is 94.1. The first-order valence-corrected chi connectivity index (χ1v) is 42.7. The van der Waals surface area contributed by atoms with E-state index in [9.17, 15) is 43.2 Å². The fourth-order valence-electron chi connectivity index (χ4n) is 11.7. The van der Waals surface area contributed by atoms with E-state index in [1.807, 2.05) is 0 Å². The Hall–Kier alpha value is -1.94. The number of hydrogen-bond donors (Lipinski definition) is 3. The lowest BCUT2D eigenvalue weighted by atomic mass is 10.00. The van der Waals surface area contributed by atoms with Crippen LogP contribution < -0.4 is 0 Å². The van der Waals surface area contributed by atoms with Crippen LogP contribution in [0.2, 0.25) is 0 Å². The lowest BCUT2D eigenvalue weighted by Crippen LogP contribution is -2.30. The predicted molar refractivity (Wildman–Crippen MR) is 391 cm³/mol. The molecule has 3 unspecified atom stereocenters. The average molecular weight is 1410 g/mol. The van der Waals surface area contributed by atoms with E-state index in [0.717, 1.165) is 114 Å². The quantitative estimate of drug-likeness (QED) is 0.0222. The zero-order chi connectivity index (χ0) is 71.0. The zero-order valence-electron chi connectivity index (χ0n) is 63.0. The van der Waals surface area contributed by atoms with Gasteiger partial charge in [-0.1, -0.05) is 338 Å². The van der Waals surface area contributed by atoms with Gasteiger partial charge < -0.3 is 33.8 Å². The molecule has 0 saturated carbocycles. The summed E-state index contributed by atoms with van der Waals surface area (Å²) in [5.41, 5.74) is 0. The van der Waals surface area contributed by atoms with E-state index < -0.39 is 97.5 Å². The fraction of sp³-hybridized carbons (Fsp3) is 0.948. The third kappa shape index (κ3) is 69.2. The highest BCUT2D eigenvalue weighted by Gasteiger charge is 2.30. The van der Waals surface area contributed by atoms with Crippen LogP contribution in [-0.4, -0.2) is 96.7 Å². The first-order valence-electron chi connectivity index (χ1n) is 39.7. The van der Waals surface area contributed by atoms with Crippen molar-refractivity contribution in [1.29, 1.82) is 0 Å². The Kier molecular flexibility index (Phi) is 65.0. The molecule has 0 aromatic carbocycles. The number of phosphoric ester groups is 2. The largest absolute Gasteiger partial charge is 0.472 e. The first-order chi connectivity index (χ1) is 46.1. The molecule has 0 aromatic heterocycles. The molecule has 0 aliphatic rings. The minimum atomic E-state index is -4.96. The Morgan fingerprint density at radius 3 is 0.740 bits per heavy atom. The van der Waals surface area contributed by atoms with Gasteiger partial charge >= 0.3 is 39.5 Å². The molecule has 19 heteroatoms. The summed E-state index contributed by atoms with van der Waals surface area (Å²) in [6.45, 7) is 14.1. The number of ether oxygens (including phenoxy) is 4. The van der Waals surface area contributed by atoms with Gasteiger partial charge in [0.15, 0.2) is 12.2 Å². The molecule has 0 saturated heterocycles. The molecule has 0 radical (unpaired) electrons. The molecular formula is C77H150O17P2. The van der Waals surface area contributed by atoms with Crippen LogP contribution in [0.4, 0.5) is 0 Å². The normalized spacial score (nSPS) is 14.4. The number of esters is 4. The fourth-order valence-corrected chi connectivity index (χ4v) is 13.3. The Labute approximate surface area is 588 Å². The van der Waals surface area contributed by atoms with Gasteiger partial charge in [-0.3, -0.25) is 37.3 Å².